The Hall–Kier alpha value is -2.54. The monoisotopic (exact) mass is 408 g/mol. The molecule has 0 atom stereocenters. The molecule has 0 spiro atoms. The van der Waals surface area contributed by atoms with Crippen molar-refractivity contribution in [3.63, 3.8) is 0 Å². The molecule has 2 aromatic carbocycles. The molecule has 132 valence electrons. The predicted octanol–water partition coefficient (Wildman–Crippen LogP) is 3.48. The van der Waals surface area contributed by atoms with Crippen LogP contribution in [0.3, 0.4) is 0 Å². The Kier molecular flexibility index (Phi) is 6.82. The van der Waals surface area contributed by atoms with Gasteiger partial charge < -0.3 is 18.9 Å². The minimum absolute atomic E-state index is 0.203. The van der Waals surface area contributed by atoms with E-state index in [-0.39, 0.29) is 17.7 Å². The number of hydrogen-bond acceptors (Lipinski definition) is 6. The SMILES string of the molecule is COC(=O)c1cc(OCCOc2ccc(Br)cc2)cc(C(=O)OC)c1. The van der Waals surface area contributed by atoms with Crippen LogP contribution in [-0.4, -0.2) is 39.4 Å². The molecule has 0 aliphatic heterocycles. The number of rotatable bonds is 7. The summed E-state index contributed by atoms with van der Waals surface area (Å²) in [6, 6.07) is 11.8. The average Bonchev–Trinajstić information content (AvgIpc) is 2.65. The van der Waals surface area contributed by atoms with Crippen molar-refractivity contribution < 1.29 is 28.5 Å². The molecular weight excluding hydrogens is 392 g/mol. The van der Waals surface area contributed by atoms with Crippen LogP contribution in [0.5, 0.6) is 11.5 Å². The van der Waals surface area contributed by atoms with E-state index in [0.29, 0.717) is 18.1 Å². The van der Waals surface area contributed by atoms with Crippen LogP contribution in [0.4, 0.5) is 0 Å². The second-order valence-corrected chi connectivity index (χ2v) is 5.80. The van der Waals surface area contributed by atoms with Crippen molar-refractivity contribution in [3.8, 4) is 11.5 Å². The van der Waals surface area contributed by atoms with Gasteiger partial charge in [-0.05, 0) is 42.5 Å². The number of ether oxygens (including phenoxy) is 4. The third kappa shape index (κ3) is 5.49. The largest absolute Gasteiger partial charge is 0.490 e. The maximum atomic E-state index is 11.7. The summed E-state index contributed by atoms with van der Waals surface area (Å²) in [5.41, 5.74) is 0.406. The zero-order chi connectivity index (χ0) is 18.2. The Bertz CT molecular complexity index is 707. The Morgan fingerprint density at radius 2 is 1.28 bits per heavy atom. The molecule has 0 radical (unpaired) electrons. The molecule has 0 heterocycles. The number of benzene rings is 2. The lowest BCUT2D eigenvalue weighted by Gasteiger charge is -2.11. The van der Waals surface area contributed by atoms with Crippen LogP contribution in [0.15, 0.2) is 46.9 Å². The first kappa shape index (κ1) is 18.8. The first-order chi connectivity index (χ1) is 12.0. The summed E-state index contributed by atoms with van der Waals surface area (Å²) in [6.07, 6.45) is 0. The fourth-order valence-electron chi connectivity index (χ4n) is 2.00. The van der Waals surface area contributed by atoms with Gasteiger partial charge in [-0.15, -0.1) is 0 Å². The van der Waals surface area contributed by atoms with Crippen molar-refractivity contribution in [2.24, 2.45) is 0 Å². The van der Waals surface area contributed by atoms with Gasteiger partial charge in [-0.25, -0.2) is 9.59 Å². The minimum atomic E-state index is -0.568. The molecule has 2 rings (SSSR count). The lowest BCUT2D eigenvalue weighted by atomic mass is 10.1. The smallest absolute Gasteiger partial charge is 0.338 e. The summed E-state index contributed by atoms with van der Waals surface area (Å²) in [5, 5.41) is 0. The van der Waals surface area contributed by atoms with E-state index in [1.54, 1.807) is 0 Å². The first-order valence-electron chi connectivity index (χ1n) is 7.36. The highest BCUT2D eigenvalue weighted by Gasteiger charge is 2.14. The molecule has 2 aromatic rings. The minimum Gasteiger partial charge on any atom is -0.490 e. The van der Waals surface area contributed by atoms with Crippen LogP contribution in [0, 0.1) is 0 Å². The molecule has 25 heavy (non-hydrogen) atoms. The second-order valence-electron chi connectivity index (χ2n) is 4.88. The fraction of sp³-hybridized carbons (Fsp3) is 0.222. The third-order valence-electron chi connectivity index (χ3n) is 3.18. The van der Waals surface area contributed by atoms with Crippen molar-refractivity contribution in [2.45, 2.75) is 0 Å². The van der Waals surface area contributed by atoms with Gasteiger partial charge in [0.2, 0.25) is 0 Å². The van der Waals surface area contributed by atoms with Crippen molar-refractivity contribution in [1.29, 1.82) is 0 Å². The van der Waals surface area contributed by atoms with Gasteiger partial charge in [-0.3, -0.25) is 0 Å². The zero-order valence-corrected chi connectivity index (χ0v) is 15.4. The standard InChI is InChI=1S/C18H17BrO6/c1-22-17(20)12-9-13(18(21)23-2)11-16(10-12)25-8-7-24-15-5-3-14(19)4-6-15/h3-6,9-11H,7-8H2,1-2H3. The van der Waals surface area contributed by atoms with E-state index >= 15 is 0 Å². The van der Waals surface area contributed by atoms with E-state index in [4.69, 9.17) is 9.47 Å². The Morgan fingerprint density at radius 3 is 1.76 bits per heavy atom. The van der Waals surface area contributed by atoms with Gasteiger partial charge in [0.15, 0.2) is 0 Å². The van der Waals surface area contributed by atoms with E-state index in [2.05, 4.69) is 25.4 Å². The molecule has 6 nitrogen and oxygen atoms in total. The van der Waals surface area contributed by atoms with Gasteiger partial charge in [-0.2, -0.15) is 0 Å². The number of halogens is 1. The maximum absolute atomic E-state index is 11.7. The Balaban J connectivity index is 2.01. The lowest BCUT2D eigenvalue weighted by Crippen LogP contribution is -2.11. The second kappa shape index (κ2) is 9.08. The van der Waals surface area contributed by atoms with Crippen LogP contribution in [0.25, 0.3) is 0 Å². The fourth-order valence-corrected chi connectivity index (χ4v) is 2.27. The molecule has 0 aliphatic rings. The normalized spacial score (nSPS) is 10.0. The topological polar surface area (TPSA) is 71.1 Å². The van der Waals surface area contributed by atoms with Crippen molar-refractivity contribution >= 4 is 27.9 Å². The highest BCUT2D eigenvalue weighted by Crippen LogP contribution is 2.20. The van der Waals surface area contributed by atoms with E-state index < -0.39 is 11.9 Å². The van der Waals surface area contributed by atoms with Gasteiger partial charge in [0.1, 0.15) is 24.7 Å². The predicted molar refractivity (Wildman–Crippen MR) is 94.3 cm³/mol. The molecular formula is C18H17BrO6. The maximum Gasteiger partial charge on any atom is 0.338 e. The van der Waals surface area contributed by atoms with E-state index in [0.717, 1.165) is 4.47 Å². The van der Waals surface area contributed by atoms with Crippen LogP contribution in [0.1, 0.15) is 20.7 Å². The van der Waals surface area contributed by atoms with Crippen LogP contribution in [-0.2, 0) is 9.47 Å². The highest BCUT2D eigenvalue weighted by atomic mass is 79.9. The number of methoxy groups -OCH3 is 2. The summed E-state index contributed by atoms with van der Waals surface area (Å²) in [7, 11) is 2.53. The van der Waals surface area contributed by atoms with Crippen LogP contribution in [0.2, 0.25) is 0 Å². The zero-order valence-electron chi connectivity index (χ0n) is 13.8. The van der Waals surface area contributed by atoms with Gasteiger partial charge in [0, 0.05) is 4.47 Å². The van der Waals surface area contributed by atoms with Crippen LogP contribution < -0.4 is 9.47 Å². The Morgan fingerprint density at radius 1 is 0.800 bits per heavy atom. The average molecular weight is 409 g/mol. The molecule has 0 N–H and O–H groups in total. The van der Waals surface area contributed by atoms with Gasteiger partial charge in [0.25, 0.3) is 0 Å². The summed E-state index contributed by atoms with van der Waals surface area (Å²) in [4.78, 5) is 23.4. The molecule has 0 unspecified atom stereocenters. The molecule has 0 aromatic heterocycles. The molecule has 0 fully saturated rings. The van der Waals surface area contributed by atoms with Crippen molar-refractivity contribution in [2.75, 3.05) is 27.4 Å². The summed E-state index contributed by atoms with van der Waals surface area (Å²) < 4.78 is 21.4. The Labute approximate surface area is 153 Å². The molecule has 0 saturated carbocycles. The summed E-state index contributed by atoms with van der Waals surface area (Å²) in [6.45, 7) is 0.541. The van der Waals surface area contributed by atoms with E-state index in [1.165, 1.54) is 32.4 Å². The molecule has 7 heteroatoms. The first-order valence-corrected chi connectivity index (χ1v) is 8.15. The molecule has 0 bridgehead atoms. The molecule has 0 saturated heterocycles. The van der Waals surface area contributed by atoms with Crippen molar-refractivity contribution in [3.05, 3.63) is 58.1 Å². The third-order valence-corrected chi connectivity index (χ3v) is 3.71. The van der Waals surface area contributed by atoms with Gasteiger partial charge in [0.05, 0.1) is 25.3 Å². The molecule has 0 amide bonds. The van der Waals surface area contributed by atoms with E-state index in [1.807, 2.05) is 24.3 Å². The quantitative estimate of drug-likeness (QED) is 0.515. The van der Waals surface area contributed by atoms with Gasteiger partial charge >= 0.3 is 11.9 Å². The van der Waals surface area contributed by atoms with E-state index in [9.17, 15) is 9.59 Å². The number of hydrogen-bond donors (Lipinski definition) is 0. The van der Waals surface area contributed by atoms with Crippen molar-refractivity contribution in [1.82, 2.24) is 0 Å². The van der Waals surface area contributed by atoms with Gasteiger partial charge in [-0.1, -0.05) is 15.9 Å². The summed E-state index contributed by atoms with van der Waals surface area (Å²) >= 11 is 3.35. The highest BCUT2D eigenvalue weighted by molar-refractivity contribution is 9.10. The lowest BCUT2D eigenvalue weighted by molar-refractivity contribution is 0.0598. The van der Waals surface area contributed by atoms with Crippen LogP contribution >= 0.6 is 15.9 Å². The number of carbonyl (C=O) groups excluding carboxylic acids is 2. The summed E-state index contributed by atoms with van der Waals surface area (Å²) in [5.74, 6) is -0.0727. The number of esters is 2. The molecule has 0 aliphatic carbocycles. The number of carbonyl (C=O) groups is 2.